The summed E-state index contributed by atoms with van der Waals surface area (Å²) in [7, 11) is 2.16. The van der Waals surface area contributed by atoms with Crippen molar-refractivity contribution in [1.29, 1.82) is 0 Å². The molecule has 0 bridgehead atoms. The van der Waals surface area contributed by atoms with Crippen LogP contribution in [0.4, 0.5) is 0 Å². The van der Waals surface area contributed by atoms with Crippen molar-refractivity contribution in [2.45, 2.75) is 45.1 Å². The van der Waals surface area contributed by atoms with Crippen molar-refractivity contribution in [2.75, 3.05) is 13.6 Å². The molecule has 0 radical (unpaired) electrons. The third-order valence-electron chi connectivity index (χ3n) is 5.50. The summed E-state index contributed by atoms with van der Waals surface area (Å²) < 4.78 is 0. The van der Waals surface area contributed by atoms with E-state index in [1.807, 2.05) is 42.5 Å². The van der Waals surface area contributed by atoms with Crippen LogP contribution in [-0.4, -0.2) is 29.6 Å². The van der Waals surface area contributed by atoms with Crippen LogP contribution in [-0.2, 0) is 6.54 Å². The van der Waals surface area contributed by atoms with Crippen LogP contribution in [0.3, 0.4) is 0 Å². The van der Waals surface area contributed by atoms with Crippen molar-refractivity contribution < 1.29 is 9.90 Å². The van der Waals surface area contributed by atoms with Gasteiger partial charge in [-0.25, -0.2) is 4.79 Å². The van der Waals surface area contributed by atoms with E-state index in [4.69, 9.17) is 0 Å². The number of benzene rings is 2. The van der Waals surface area contributed by atoms with Crippen LogP contribution in [0.1, 0.15) is 54.4 Å². The monoisotopic (exact) mass is 351 g/mol. The van der Waals surface area contributed by atoms with Gasteiger partial charge in [-0.1, -0.05) is 68.5 Å². The highest BCUT2D eigenvalue weighted by Crippen LogP contribution is 2.27. The van der Waals surface area contributed by atoms with Gasteiger partial charge in [-0.15, -0.1) is 0 Å². The van der Waals surface area contributed by atoms with Gasteiger partial charge in [0.05, 0.1) is 5.56 Å². The molecule has 138 valence electrons. The highest BCUT2D eigenvalue weighted by molar-refractivity contribution is 5.96. The Morgan fingerprint density at radius 2 is 1.81 bits per heavy atom. The minimum atomic E-state index is -0.874. The van der Waals surface area contributed by atoms with Crippen molar-refractivity contribution in [3.63, 3.8) is 0 Å². The van der Waals surface area contributed by atoms with Gasteiger partial charge in [-0.2, -0.15) is 0 Å². The van der Waals surface area contributed by atoms with Gasteiger partial charge in [0.2, 0.25) is 0 Å². The van der Waals surface area contributed by atoms with Crippen LogP contribution in [0.15, 0.2) is 48.5 Å². The average molecular weight is 351 g/mol. The number of carboxylic acids is 1. The Labute approximate surface area is 156 Å². The first kappa shape index (κ1) is 18.7. The van der Waals surface area contributed by atoms with E-state index in [-0.39, 0.29) is 0 Å². The molecule has 3 nitrogen and oxygen atoms in total. The number of nitrogens with zero attached hydrogens (tertiary/aromatic N) is 1. The van der Waals surface area contributed by atoms with E-state index in [0.717, 1.165) is 30.1 Å². The van der Waals surface area contributed by atoms with Crippen LogP contribution < -0.4 is 0 Å². The number of rotatable bonds is 7. The topological polar surface area (TPSA) is 40.5 Å². The van der Waals surface area contributed by atoms with Gasteiger partial charge in [-0.3, -0.25) is 0 Å². The van der Waals surface area contributed by atoms with Crippen molar-refractivity contribution >= 4 is 5.97 Å². The van der Waals surface area contributed by atoms with Crippen LogP contribution in [0, 0.1) is 5.92 Å². The summed E-state index contributed by atoms with van der Waals surface area (Å²) in [4.78, 5) is 14.0. The van der Waals surface area contributed by atoms with E-state index in [2.05, 4.69) is 11.9 Å². The number of carbonyl (C=O) groups is 1. The molecule has 1 aliphatic rings. The van der Waals surface area contributed by atoms with Crippen molar-refractivity contribution in [1.82, 2.24) is 4.90 Å². The first-order valence-electron chi connectivity index (χ1n) is 9.73. The highest BCUT2D eigenvalue weighted by Gasteiger charge is 2.15. The molecule has 0 amide bonds. The van der Waals surface area contributed by atoms with Gasteiger partial charge in [0.1, 0.15) is 0 Å². The molecule has 0 aromatic heterocycles. The Kier molecular flexibility index (Phi) is 6.45. The SMILES string of the molecule is CN(CCC1CCCCC1)Cc1ccc(C(=O)O)c(-c2ccccc2)c1. The number of aromatic carboxylic acids is 1. The lowest BCUT2D eigenvalue weighted by Crippen LogP contribution is -2.22. The van der Waals surface area contributed by atoms with Crippen LogP contribution in [0.5, 0.6) is 0 Å². The van der Waals surface area contributed by atoms with Gasteiger partial charge in [0, 0.05) is 6.54 Å². The minimum absolute atomic E-state index is 0.366. The molecule has 1 fully saturated rings. The minimum Gasteiger partial charge on any atom is -0.478 e. The summed E-state index contributed by atoms with van der Waals surface area (Å²) in [5, 5.41) is 9.52. The smallest absolute Gasteiger partial charge is 0.336 e. The lowest BCUT2D eigenvalue weighted by atomic mass is 9.87. The molecular weight excluding hydrogens is 322 g/mol. The molecular formula is C23H29NO2. The van der Waals surface area contributed by atoms with Crippen molar-refractivity contribution in [3.05, 3.63) is 59.7 Å². The second-order valence-corrected chi connectivity index (χ2v) is 7.58. The normalized spacial score (nSPS) is 15.3. The number of hydrogen-bond acceptors (Lipinski definition) is 2. The fourth-order valence-corrected chi connectivity index (χ4v) is 4.00. The van der Waals surface area contributed by atoms with Crippen LogP contribution >= 0.6 is 0 Å². The third-order valence-corrected chi connectivity index (χ3v) is 5.50. The molecule has 2 aromatic carbocycles. The zero-order chi connectivity index (χ0) is 18.4. The molecule has 1 N–H and O–H groups in total. The van der Waals surface area contributed by atoms with Gasteiger partial charge < -0.3 is 10.0 Å². The maximum absolute atomic E-state index is 11.6. The van der Waals surface area contributed by atoms with E-state index >= 15 is 0 Å². The summed E-state index contributed by atoms with van der Waals surface area (Å²) in [5.41, 5.74) is 3.29. The first-order valence-corrected chi connectivity index (χ1v) is 9.73. The van der Waals surface area contributed by atoms with E-state index in [0.29, 0.717) is 5.56 Å². The lowest BCUT2D eigenvalue weighted by Gasteiger charge is -2.24. The summed E-state index contributed by atoms with van der Waals surface area (Å²) in [5.74, 6) is 0.0153. The molecule has 0 saturated heterocycles. The first-order chi connectivity index (χ1) is 12.6. The largest absolute Gasteiger partial charge is 0.478 e. The van der Waals surface area contributed by atoms with Crippen LogP contribution in [0.25, 0.3) is 11.1 Å². The predicted molar refractivity (Wildman–Crippen MR) is 106 cm³/mol. The quantitative estimate of drug-likeness (QED) is 0.720. The Balaban J connectivity index is 1.68. The highest BCUT2D eigenvalue weighted by atomic mass is 16.4. The van der Waals surface area contributed by atoms with Gasteiger partial charge in [-0.05, 0) is 54.8 Å². The molecule has 26 heavy (non-hydrogen) atoms. The van der Waals surface area contributed by atoms with Crippen LogP contribution in [0.2, 0.25) is 0 Å². The molecule has 0 unspecified atom stereocenters. The molecule has 1 aliphatic carbocycles. The summed E-state index contributed by atoms with van der Waals surface area (Å²) in [6.45, 7) is 1.96. The van der Waals surface area contributed by atoms with E-state index in [1.54, 1.807) is 6.07 Å². The van der Waals surface area contributed by atoms with Gasteiger partial charge in [0.25, 0.3) is 0 Å². The maximum Gasteiger partial charge on any atom is 0.336 e. The van der Waals surface area contributed by atoms with E-state index in [9.17, 15) is 9.90 Å². The number of carboxylic acid groups (broad SMARTS) is 1. The molecule has 0 heterocycles. The third kappa shape index (κ3) is 4.95. The summed E-state index contributed by atoms with van der Waals surface area (Å²) in [6.07, 6.45) is 8.25. The predicted octanol–water partition coefficient (Wildman–Crippen LogP) is 5.45. The average Bonchev–Trinajstić information content (AvgIpc) is 2.67. The number of hydrogen-bond donors (Lipinski definition) is 1. The molecule has 0 aliphatic heterocycles. The second-order valence-electron chi connectivity index (χ2n) is 7.58. The van der Waals surface area contributed by atoms with Crippen molar-refractivity contribution in [2.24, 2.45) is 5.92 Å². The Morgan fingerprint density at radius 1 is 1.08 bits per heavy atom. The zero-order valence-corrected chi connectivity index (χ0v) is 15.7. The molecule has 0 atom stereocenters. The fraction of sp³-hybridized carbons (Fsp3) is 0.435. The fourth-order valence-electron chi connectivity index (χ4n) is 4.00. The molecule has 1 saturated carbocycles. The molecule has 2 aromatic rings. The van der Waals surface area contributed by atoms with Gasteiger partial charge >= 0.3 is 5.97 Å². The Morgan fingerprint density at radius 3 is 2.50 bits per heavy atom. The standard InChI is InChI=1S/C23H29NO2/c1-24(15-14-18-8-4-2-5-9-18)17-19-12-13-21(23(25)26)22(16-19)20-10-6-3-7-11-20/h3,6-7,10-13,16,18H,2,4-5,8-9,14-15,17H2,1H3,(H,25,26). The Bertz CT molecular complexity index is 720. The lowest BCUT2D eigenvalue weighted by molar-refractivity contribution is 0.0697. The van der Waals surface area contributed by atoms with Crippen molar-refractivity contribution in [3.8, 4) is 11.1 Å². The maximum atomic E-state index is 11.6. The second kappa shape index (κ2) is 9.00. The molecule has 3 rings (SSSR count). The zero-order valence-electron chi connectivity index (χ0n) is 15.7. The van der Waals surface area contributed by atoms with E-state index < -0.39 is 5.97 Å². The molecule has 3 heteroatoms. The summed E-state index contributed by atoms with van der Waals surface area (Å²) >= 11 is 0. The van der Waals surface area contributed by atoms with Gasteiger partial charge in [0.15, 0.2) is 0 Å². The van der Waals surface area contributed by atoms with E-state index in [1.165, 1.54) is 44.1 Å². The molecule has 0 spiro atoms. The summed E-state index contributed by atoms with van der Waals surface area (Å²) in [6, 6.07) is 15.5. The Hall–Kier alpha value is -2.13.